The maximum absolute atomic E-state index is 15.1. The van der Waals surface area contributed by atoms with Gasteiger partial charge in [0.25, 0.3) is 0 Å². The molecule has 2 heterocycles. The number of hydrogen-bond donors (Lipinski definition) is 0. The standard InChI is InChI=1S/C22H20BrF3N2O4/c1-31-16-9-5-13(6-10-16)18-21(20(30)32-2,22(24,25)26)19(14-3-7-15(23)8-4-14)28-17(29)11-12-27(18)28/h3-10,18-19H,11-12H2,1-2H3/t18-,19-,21-/m0/s1. The topological polar surface area (TPSA) is 59.1 Å². The van der Waals surface area contributed by atoms with Crippen LogP contribution in [0.2, 0.25) is 0 Å². The Morgan fingerprint density at radius 1 is 1.03 bits per heavy atom. The van der Waals surface area contributed by atoms with E-state index in [4.69, 9.17) is 9.47 Å². The highest BCUT2D eigenvalue weighted by Gasteiger charge is 2.78. The van der Waals surface area contributed by atoms with Crippen molar-refractivity contribution >= 4 is 27.8 Å². The molecule has 32 heavy (non-hydrogen) atoms. The van der Waals surface area contributed by atoms with Crippen LogP contribution in [0.5, 0.6) is 5.75 Å². The van der Waals surface area contributed by atoms with Gasteiger partial charge in [-0.05, 0) is 35.4 Å². The van der Waals surface area contributed by atoms with Gasteiger partial charge in [-0.2, -0.15) is 13.2 Å². The summed E-state index contributed by atoms with van der Waals surface area (Å²) in [5.74, 6) is -1.46. The number of carbonyl (C=O) groups excluding carboxylic acids is 2. The van der Waals surface area contributed by atoms with E-state index in [1.807, 2.05) is 0 Å². The van der Waals surface area contributed by atoms with Crippen LogP contribution in [0, 0.1) is 5.41 Å². The first kappa shape index (κ1) is 22.6. The van der Waals surface area contributed by atoms with Gasteiger partial charge in [0.05, 0.1) is 20.3 Å². The van der Waals surface area contributed by atoms with E-state index in [9.17, 15) is 9.59 Å². The van der Waals surface area contributed by atoms with Crippen LogP contribution in [0.3, 0.4) is 0 Å². The van der Waals surface area contributed by atoms with Crippen molar-refractivity contribution in [3.63, 3.8) is 0 Å². The normalized spacial score (nSPS) is 25.7. The molecule has 2 aliphatic heterocycles. The molecule has 10 heteroatoms. The summed E-state index contributed by atoms with van der Waals surface area (Å²) in [4.78, 5) is 26.0. The maximum atomic E-state index is 15.1. The third-order valence-corrected chi connectivity index (χ3v) is 6.63. The molecule has 0 aromatic heterocycles. The molecule has 4 rings (SSSR count). The Morgan fingerprint density at radius 3 is 2.12 bits per heavy atom. The second-order valence-corrected chi connectivity index (χ2v) is 8.56. The second-order valence-electron chi connectivity index (χ2n) is 7.64. The number of fused-ring (bicyclic) bond motifs is 1. The van der Waals surface area contributed by atoms with E-state index in [1.54, 1.807) is 12.1 Å². The second kappa shape index (κ2) is 8.08. The number of nitrogens with zero attached hydrogens (tertiary/aromatic N) is 2. The lowest BCUT2D eigenvalue weighted by Gasteiger charge is -2.38. The zero-order chi connectivity index (χ0) is 23.3. The number of alkyl halides is 3. The lowest BCUT2D eigenvalue weighted by Crippen LogP contribution is -2.53. The zero-order valence-corrected chi connectivity index (χ0v) is 18.8. The van der Waals surface area contributed by atoms with Gasteiger partial charge in [0, 0.05) is 17.4 Å². The summed E-state index contributed by atoms with van der Waals surface area (Å²) in [5, 5.41) is 2.43. The van der Waals surface area contributed by atoms with E-state index in [1.165, 1.54) is 48.5 Å². The predicted octanol–water partition coefficient (Wildman–Crippen LogP) is 4.42. The number of ether oxygens (including phenoxy) is 2. The van der Waals surface area contributed by atoms with E-state index in [2.05, 4.69) is 15.9 Å². The Morgan fingerprint density at radius 2 is 1.59 bits per heavy atom. The van der Waals surface area contributed by atoms with Crippen molar-refractivity contribution in [1.29, 1.82) is 0 Å². The summed E-state index contributed by atoms with van der Waals surface area (Å²) < 4.78 is 55.8. The Bertz CT molecular complexity index is 1030. The molecule has 2 aromatic rings. The molecule has 0 N–H and O–H groups in total. The van der Waals surface area contributed by atoms with Crippen molar-refractivity contribution in [3.8, 4) is 5.75 Å². The quantitative estimate of drug-likeness (QED) is 0.567. The highest BCUT2D eigenvalue weighted by atomic mass is 79.9. The number of hydrazine groups is 1. The minimum absolute atomic E-state index is 0.0504. The van der Waals surface area contributed by atoms with Crippen molar-refractivity contribution < 1.29 is 32.2 Å². The predicted molar refractivity (Wildman–Crippen MR) is 111 cm³/mol. The molecule has 0 saturated carbocycles. The molecule has 0 unspecified atom stereocenters. The third kappa shape index (κ3) is 3.19. The van der Waals surface area contributed by atoms with Crippen molar-refractivity contribution in [2.24, 2.45) is 5.41 Å². The minimum Gasteiger partial charge on any atom is -0.497 e. The summed E-state index contributed by atoms with van der Waals surface area (Å²) in [6, 6.07) is 9.04. The average Bonchev–Trinajstić information content (AvgIpc) is 3.29. The van der Waals surface area contributed by atoms with Crippen molar-refractivity contribution in [1.82, 2.24) is 10.0 Å². The lowest BCUT2D eigenvalue weighted by atomic mass is 9.69. The fourth-order valence-corrected chi connectivity index (χ4v) is 5.05. The van der Waals surface area contributed by atoms with E-state index in [-0.39, 0.29) is 24.1 Å². The lowest BCUT2D eigenvalue weighted by molar-refractivity contribution is -0.245. The van der Waals surface area contributed by atoms with Gasteiger partial charge in [0.1, 0.15) is 11.8 Å². The Hall–Kier alpha value is -2.59. The number of rotatable bonds is 4. The van der Waals surface area contributed by atoms with Crippen LogP contribution in [0.1, 0.15) is 29.6 Å². The van der Waals surface area contributed by atoms with E-state index >= 15 is 13.2 Å². The number of carbonyl (C=O) groups is 2. The van der Waals surface area contributed by atoms with Crippen LogP contribution in [0.15, 0.2) is 53.0 Å². The Labute approximate surface area is 191 Å². The molecule has 3 atom stereocenters. The van der Waals surface area contributed by atoms with Gasteiger partial charge < -0.3 is 9.47 Å². The number of benzene rings is 2. The number of hydrogen-bond acceptors (Lipinski definition) is 5. The molecular weight excluding hydrogens is 493 g/mol. The molecule has 2 aromatic carbocycles. The van der Waals surface area contributed by atoms with Gasteiger partial charge in [0.15, 0.2) is 0 Å². The Kier molecular flexibility index (Phi) is 5.70. The molecule has 1 amide bonds. The summed E-state index contributed by atoms with van der Waals surface area (Å²) in [6.45, 7) is 0.0530. The van der Waals surface area contributed by atoms with Crippen LogP contribution in [-0.4, -0.2) is 48.8 Å². The van der Waals surface area contributed by atoms with Gasteiger partial charge in [-0.25, -0.2) is 5.01 Å². The van der Waals surface area contributed by atoms with Crippen LogP contribution >= 0.6 is 15.9 Å². The number of methoxy groups -OCH3 is 2. The van der Waals surface area contributed by atoms with E-state index in [0.29, 0.717) is 10.2 Å². The molecule has 0 radical (unpaired) electrons. The SMILES string of the molecule is COC(=O)[C@]1(C(F)(F)F)[C@H](c2ccc(OC)cc2)N2CCC(=O)N2[C@H]1c1ccc(Br)cc1. The molecule has 170 valence electrons. The third-order valence-electron chi connectivity index (χ3n) is 6.10. The zero-order valence-electron chi connectivity index (χ0n) is 17.2. The van der Waals surface area contributed by atoms with Crippen molar-refractivity contribution in [2.75, 3.05) is 20.8 Å². The molecule has 2 saturated heterocycles. The van der Waals surface area contributed by atoms with Crippen LogP contribution in [0.25, 0.3) is 0 Å². The smallest absolute Gasteiger partial charge is 0.409 e. The van der Waals surface area contributed by atoms with Gasteiger partial charge in [0.2, 0.25) is 11.3 Å². The van der Waals surface area contributed by atoms with E-state index < -0.39 is 35.6 Å². The first-order valence-corrected chi connectivity index (χ1v) is 10.6. The van der Waals surface area contributed by atoms with E-state index in [0.717, 1.165) is 12.1 Å². The first-order valence-electron chi connectivity index (χ1n) is 9.80. The average molecular weight is 513 g/mol. The Balaban J connectivity index is 2.03. The number of amides is 1. The van der Waals surface area contributed by atoms with Crippen LogP contribution in [-0.2, 0) is 14.3 Å². The van der Waals surface area contributed by atoms with Crippen LogP contribution < -0.4 is 4.74 Å². The van der Waals surface area contributed by atoms with Gasteiger partial charge >= 0.3 is 12.1 Å². The molecule has 2 aliphatic rings. The van der Waals surface area contributed by atoms with Crippen molar-refractivity contribution in [3.05, 3.63) is 64.1 Å². The number of halogens is 4. The monoisotopic (exact) mass is 512 g/mol. The van der Waals surface area contributed by atoms with Crippen LogP contribution in [0.4, 0.5) is 13.2 Å². The van der Waals surface area contributed by atoms with Gasteiger partial charge in [-0.1, -0.05) is 40.2 Å². The maximum Gasteiger partial charge on any atom is 0.409 e. The van der Waals surface area contributed by atoms with Gasteiger partial charge in [-0.15, -0.1) is 0 Å². The summed E-state index contributed by atoms with van der Waals surface area (Å²) >= 11 is 3.28. The summed E-state index contributed by atoms with van der Waals surface area (Å²) in [7, 11) is 2.38. The highest BCUT2D eigenvalue weighted by molar-refractivity contribution is 9.10. The summed E-state index contributed by atoms with van der Waals surface area (Å²) in [6.07, 6.45) is -4.98. The largest absolute Gasteiger partial charge is 0.497 e. The molecule has 0 aliphatic carbocycles. The molecule has 0 bridgehead atoms. The van der Waals surface area contributed by atoms with Gasteiger partial charge in [-0.3, -0.25) is 14.6 Å². The minimum atomic E-state index is -5.03. The molecule has 0 spiro atoms. The first-order chi connectivity index (χ1) is 15.2. The summed E-state index contributed by atoms with van der Waals surface area (Å²) in [5.41, 5.74) is -2.62. The van der Waals surface area contributed by atoms with Crippen molar-refractivity contribution in [2.45, 2.75) is 24.7 Å². The fourth-order valence-electron chi connectivity index (χ4n) is 4.79. The number of esters is 1. The molecular formula is C22H20BrF3N2O4. The molecule has 2 fully saturated rings. The molecule has 6 nitrogen and oxygen atoms in total. The highest BCUT2D eigenvalue weighted by Crippen LogP contribution is 2.65. The fraction of sp³-hybridized carbons (Fsp3) is 0.364.